The summed E-state index contributed by atoms with van der Waals surface area (Å²) in [5.74, 6) is 0. The Bertz CT molecular complexity index is 678. The third kappa shape index (κ3) is 3.06. The zero-order chi connectivity index (χ0) is 13.8. The molecule has 0 amide bonds. The number of hydrogen-bond acceptors (Lipinski definition) is 3. The Morgan fingerprint density at radius 3 is 2.95 bits per heavy atom. The number of benzene rings is 1. The van der Waals surface area contributed by atoms with E-state index in [9.17, 15) is 5.11 Å². The van der Waals surface area contributed by atoms with E-state index in [0.29, 0.717) is 0 Å². The Morgan fingerprint density at radius 1 is 1.15 bits per heavy atom. The monoisotopic (exact) mass is 283 g/mol. The molecule has 0 saturated carbocycles. The van der Waals surface area contributed by atoms with Crippen molar-refractivity contribution in [3.8, 4) is 0 Å². The standard InChI is InChI=1S/C17H17NOS/c19-17(7-1-5-15-6-3-11-20-15)14-9-8-13-4-2-10-18-16(13)12-14/h2-4,6,8-12,17,19H,1,5,7H2. The van der Waals surface area contributed by atoms with Gasteiger partial charge in [-0.05, 0) is 48.4 Å². The smallest absolute Gasteiger partial charge is 0.0791 e. The summed E-state index contributed by atoms with van der Waals surface area (Å²) < 4.78 is 0. The van der Waals surface area contributed by atoms with Gasteiger partial charge >= 0.3 is 0 Å². The SMILES string of the molecule is OC(CCCc1cccs1)c1ccc2cccnc2c1. The minimum absolute atomic E-state index is 0.402. The summed E-state index contributed by atoms with van der Waals surface area (Å²) in [4.78, 5) is 5.72. The van der Waals surface area contributed by atoms with Crippen LogP contribution >= 0.6 is 11.3 Å². The molecule has 1 aromatic carbocycles. The van der Waals surface area contributed by atoms with E-state index in [-0.39, 0.29) is 0 Å². The Hall–Kier alpha value is -1.71. The van der Waals surface area contributed by atoms with Crippen LogP contribution in [0.4, 0.5) is 0 Å². The Balaban J connectivity index is 1.64. The molecule has 1 N–H and O–H groups in total. The average molecular weight is 283 g/mol. The summed E-state index contributed by atoms with van der Waals surface area (Å²) in [6, 6.07) is 14.2. The highest BCUT2D eigenvalue weighted by Crippen LogP contribution is 2.23. The molecule has 0 aliphatic rings. The van der Waals surface area contributed by atoms with Crippen LogP contribution in [0.1, 0.15) is 29.4 Å². The first-order valence-corrected chi connectivity index (χ1v) is 7.76. The molecular formula is C17H17NOS. The van der Waals surface area contributed by atoms with Crippen LogP contribution < -0.4 is 0 Å². The van der Waals surface area contributed by atoms with Gasteiger partial charge in [0, 0.05) is 16.5 Å². The van der Waals surface area contributed by atoms with Crippen LogP contribution in [0.25, 0.3) is 10.9 Å². The zero-order valence-corrected chi connectivity index (χ0v) is 12.0. The maximum Gasteiger partial charge on any atom is 0.0791 e. The van der Waals surface area contributed by atoms with E-state index in [2.05, 4.69) is 22.5 Å². The van der Waals surface area contributed by atoms with Gasteiger partial charge in [0.15, 0.2) is 0 Å². The number of aliphatic hydroxyl groups excluding tert-OH is 1. The third-order valence-corrected chi connectivity index (χ3v) is 4.43. The molecule has 3 rings (SSSR count). The van der Waals surface area contributed by atoms with Gasteiger partial charge in [-0.3, -0.25) is 4.98 Å². The number of aliphatic hydroxyl groups is 1. The number of rotatable bonds is 5. The fourth-order valence-electron chi connectivity index (χ4n) is 2.38. The maximum atomic E-state index is 10.3. The molecule has 102 valence electrons. The molecule has 2 aromatic heterocycles. The minimum Gasteiger partial charge on any atom is -0.388 e. The minimum atomic E-state index is -0.402. The number of aryl methyl sites for hydroxylation is 1. The quantitative estimate of drug-likeness (QED) is 0.755. The Morgan fingerprint density at radius 2 is 2.10 bits per heavy atom. The number of nitrogens with zero attached hydrogens (tertiary/aromatic N) is 1. The number of pyridine rings is 1. The van der Waals surface area contributed by atoms with Crippen molar-refractivity contribution in [2.45, 2.75) is 25.4 Å². The number of aromatic nitrogens is 1. The molecule has 0 radical (unpaired) electrons. The van der Waals surface area contributed by atoms with Gasteiger partial charge in [-0.2, -0.15) is 0 Å². The summed E-state index contributed by atoms with van der Waals surface area (Å²) >= 11 is 1.78. The van der Waals surface area contributed by atoms with Crippen molar-refractivity contribution in [3.05, 3.63) is 64.5 Å². The maximum absolute atomic E-state index is 10.3. The highest BCUT2D eigenvalue weighted by molar-refractivity contribution is 7.09. The second kappa shape index (κ2) is 6.16. The van der Waals surface area contributed by atoms with Gasteiger partial charge in [0.2, 0.25) is 0 Å². The van der Waals surface area contributed by atoms with E-state index < -0.39 is 6.10 Å². The average Bonchev–Trinajstić information content (AvgIpc) is 3.00. The molecule has 0 aliphatic carbocycles. The van der Waals surface area contributed by atoms with E-state index in [1.807, 2.05) is 30.3 Å². The molecular weight excluding hydrogens is 266 g/mol. The lowest BCUT2D eigenvalue weighted by atomic mass is 10.0. The predicted octanol–water partition coefficient (Wildman–Crippen LogP) is 4.35. The normalized spacial score (nSPS) is 12.7. The zero-order valence-electron chi connectivity index (χ0n) is 11.2. The van der Waals surface area contributed by atoms with Crippen molar-refractivity contribution in [2.24, 2.45) is 0 Å². The van der Waals surface area contributed by atoms with E-state index in [1.54, 1.807) is 17.5 Å². The van der Waals surface area contributed by atoms with Crippen molar-refractivity contribution in [3.63, 3.8) is 0 Å². The molecule has 0 fully saturated rings. The number of fused-ring (bicyclic) bond motifs is 1. The summed E-state index contributed by atoms with van der Waals surface area (Å²) in [6.45, 7) is 0. The van der Waals surface area contributed by atoms with Gasteiger partial charge in [0.1, 0.15) is 0 Å². The van der Waals surface area contributed by atoms with Crippen molar-refractivity contribution in [1.29, 1.82) is 0 Å². The van der Waals surface area contributed by atoms with Crippen molar-refractivity contribution >= 4 is 22.2 Å². The fraction of sp³-hybridized carbons (Fsp3) is 0.235. The highest BCUT2D eigenvalue weighted by Gasteiger charge is 2.08. The lowest BCUT2D eigenvalue weighted by molar-refractivity contribution is 0.165. The van der Waals surface area contributed by atoms with Gasteiger partial charge in [0.05, 0.1) is 11.6 Å². The van der Waals surface area contributed by atoms with Crippen LogP contribution in [0.5, 0.6) is 0 Å². The summed E-state index contributed by atoms with van der Waals surface area (Å²) in [5, 5.41) is 13.5. The number of thiophene rings is 1. The lowest BCUT2D eigenvalue weighted by Gasteiger charge is -2.11. The fourth-order valence-corrected chi connectivity index (χ4v) is 3.13. The van der Waals surface area contributed by atoms with Gasteiger partial charge in [0.25, 0.3) is 0 Å². The van der Waals surface area contributed by atoms with Crippen molar-refractivity contribution < 1.29 is 5.11 Å². The topological polar surface area (TPSA) is 33.1 Å². The van der Waals surface area contributed by atoms with E-state index in [4.69, 9.17) is 0 Å². The molecule has 1 unspecified atom stereocenters. The van der Waals surface area contributed by atoms with E-state index in [0.717, 1.165) is 35.7 Å². The first kappa shape index (κ1) is 13.3. The second-order valence-electron chi connectivity index (χ2n) is 4.94. The highest BCUT2D eigenvalue weighted by atomic mass is 32.1. The summed E-state index contributed by atoms with van der Waals surface area (Å²) in [5.41, 5.74) is 1.91. The number of hydrogen-bond donors (Lipinski definition) is 1. The van der Waals surface area contributed by atoms with Crippen LogP contribution in [-0.2, 0) is 6.42 Å². The molecule has 2 nitrogen and oxygen atoms in total. The van der Waals surface area contributed by atoms with E-state index in [1.165, 1.54) is 4.88 Å². The molecule has 2 heterocycles. The van der Waals surface area contributed by atoms with Crippen LogP contribution in [0.15, 0.2) is 54.0 Å². The van der Waals surface area contributed by atoms with Gasteiger partial charge in [-0.15, -0.1) is 11.3 Å². The molecule has 20 heavy (non-hydrogen) atoms. The Kier molecular flexibility index (Phi) is 4.09. The van der Waals surface area contributed by atoms with E-state index >= 15 is 0 Å². The first-order valence-electron chi connectivity index (χ1n) is 6.88. The third-order valence-electron chi connectivity index (χ3n) is 3.50. The molecule has 0 bridgehead atoms. The summed E-state index contributed by atoms with van der Waals surface area (Å²) in [7, 11) is 0. The van der Waals surface area contributed by atoms with Gasteiger partial charge in [-0.25, -0.2) is 0 Å². The van der Waals surface area contributed by atoms with Crippen molar-refractivity contribution in [2.75, 3.05) is 0 Å². The Labute approximate surface area is 122 Å². The largest absolute Gasteiger partial charge is 0.388 e. The van der Waals surface area contributed by atoms with Gasteiger partial charge < -0.3 is 5.11 Å². The van der Waals surface area contributed by atoms with Gasteiger partial charge in [-0.1, -0.05) is 24.3 Å². The van der Waals surface area contributed by atoms with Crippen LogP contribution in [-0.4, -0.2) is 10.1 Å². The molecule has 3 aromatic rings. The first-order chi connectivity index (χ1) is 9.83. The molecule has 3 heteroatoms. The summed E-state index contributed by atoms with van der Waals surface area (Å²) in [6.07, 6.45) is 4.22. The molecule has 1 atom stereocenters. The van der Waals surface area contributed by atoms with Crippen LogP contribution in [0.3, 0.4) is 0 Å². The molecule has 0 aliphatic heterocycles. The molecule has 0 spiro atoms. The van der Waals surface area contributed by atoms with Crippen LogP contribution in [0, 0.1) is 0 Å². The van der Waals surface area contributed by atoms with Crippen molar-refractivity contribution in [1.82, 2.24) is 4.98 Å². The van der Waals surface area contributed by atoms with Crippen LogP contribution in [0.2, 0.25) is 0 Å². The molecule has 0 saturated heterocycles. The second-order valence-corrected chi connectivity index (χ2v) is 5.98. The predicted molar refractivity (Wildman–Crippen MR) is 84.0 cm³/mol. The lowest BCUT2D eigenvalue weighted by Crippen LogP contribution is -1.98.